The highest BCUT2D eigenvalue weighted by molar-refractivity contribution is 6.37. The van der Waals surface area contributed by atoms with Crippen molar-refractivity contribution in [2.75, 3.05) is 31.6 Å². The first-order valence-electron chi connectivity index (χ1n) is 9.38. The van der Waals surface area contributed by atoms with Crippen molar-refractivity contribution in [2.45, 2.75) is 0 Å². The Labute approximate surface area is 187 Å². The van der Waals surface area contributed by atoms with E-state index in [2.05, 4.69) is 15.4 Å². The molecular weight excluding hydrogens is 443 g/mol. The number of carbonyl (C=O) groups is 2. The summed E-state index contributed by atoms with van der Waals surface area (Å²) in [6.45, 7) is 2.10. The summed E-state index contributed by atoms with van der Waals surface area (Å²) >= 11 is 12.5. The second-order valence-corrected chi connectivity index (χ2v) is 7.55. The van der Waals surface area contributed by atoms with Gasteiger partial charge in [-0.15, -0.1) is 0 Å². The van der Waals surface area contributed by atoms with E-state index in [1.165, 1.54) is 10.9 Å². The molecule has 9 nitrogen and oxygen atoms in total. The van der Waals surface area contributed by atoms with Crippen LogP contribution in [0.4, 0.5) is 11.4 Å². The number of aromatic nitrogens is 3. The number of hydrogen-bond acceptors (Lipinski definition) is 6. The van der Waals surface area contributed by atoms with Crippen LogP contribution in [0.5, 0.6) is 0 Å². The van der Waals surface area contributed by atoms with Gasteiger partial charge < -0.3 is 20.7 Å². The first-order chi connectivity index (χ1) is 14.9. The van der Waals surface area contributed by atoms with Crippen LogP contribution in [-0.2, 0) is 4.74 Å². The zero-order chi connectivity index (χ0) is 22.0. The molecule has 1 aliphatic heterocycles. The zero-order valence-corrected chi connectivity index (χ0v) is 17.7. The molecule has 2 amide bonds. The van der Waals surface area contributed by atoms with Gasteiger partial charge in [-0.2, -0.15) is 5.10 Å². The Kier molecular flexibility index (Phi) is 6.08. The van der Waals surface area contributed by atoms with E-state index in [1.807, 2.05) is 0 Å². The largest absolute Gasteiger partial charge is 0.378 e. The van der Waals surface area contributed by atoms with E-state index in [0.29, 0.717) is 59.1 Å². The maximum atomic E-state index is 12.5. The number of anilines is 2. The monoisotopic (exact) mass is 460 g/mol. The van der Waals surface area contributed by atoms with Crippen LogP contribution >= 0.6 is 23.2 Å². The summed E-state index contributed by atoms with van der Waals surface area (Å²) in [5, 5.41) is 8.01. The van der Waals surface area contributed by atoms with Crippen molar-refractivity contribution in [3.05, 3.63) is 64.2 Å². The first-order valence-corrected chi connectivity index (χ1v) is 10.1. The minimum atomic E-state index is -0.725. The summed E-state index contributed by atoms with van der Waals surface area (Å²) in [5.74, 6) is -0.884. The fourth-order valence-corrected chi connectivity index (χ4v) is 3.72. The number of hydrogen-bond donors (Lipinski definition) is 2. The molecule has 1 saturated heterocycles. The predicted octanol–water partition coefficient (Wildman–Crippen LogP) is 2.89. The van der Waals surface area contributed by atoms with Gasteiger partial charge in [0, 0.05) is 13.1 Å². The number of carbonyl (C=O) groups excluding carboxylic acids is 2. The van der Waals surface area contributed by atoms with Gasteiger partial charge in [0.15, 0.2) is 5.69 Å². The number of ether oxygens (including phenoxy) is 1. The summed E-state index contributed by atoms with van der Waals surface area (Å²) in [7, 11) is 0. The molecule has 1 aromatic carbocycles. The molecule has 0 radical (unpaired) electrons. The Morgan fingerprint density at radius 1 is 1.10 bits per heavy atom. The summed E-state index contributed by atoms with van der Waals surface area (Å²) in [5.41, 5.74) is 7.12. The SMILES string of the molecule is NC(=O)c1nn(-c2c(Cl)cccc2Cl)cc1Nc1ccc(C(=O)N2CCOCC2)nc1. The van der Waals surface area contributed by atoms with E-state index < -0.39 is 5.91 Å². The molecule has 11 heteroatoms. The standard InChI is InChI=1S/C20H18Cl2N6O3/c21-13-2-1-3-14(22)18(13)28-11-16(17(26-28)19(23)29)25-12-4-5-15(24-10-12)20(30)27-6-8-31-9-7-27/h1-5,10-11,25H,6-9H2,(H2,23,29). The molecule has 0 aliphatic carbocycles. The Morgan fingerprint density at radius 2 is 1.81 bits per heavy atom. The lowest BCUT2D eigenvalue weighted by Crippen LogP contribution is -2.41. The Bertz CT molecular complexity index is 1110. The second-order valence-electron chi connectivity index (χ2n) is 6.73. The smallest absolute Gasteiger partial charge is 0.272 e. The number of nitrogens with zero attached hydrogens (tertiary/aromatic N) is 4. The van der Waals surface area contributed by atoms with Gasteiger partial charge in [0.05, 0.1) is 47.0 Å². The van der Waals surface area contributed by atoms with Crippen molar-refractivity contribution < 1.29 is 14.3 Å². The van der Waals surface area contributed by atoms with E-state index in [0.717, 1.165) is 0 Å². The molecule has 0 bridgehead atoms. The maximum Gasteiger partial charge on any atom is 0.272 e. The third kappa shape index (κ3) is 4.48. The molecule has 0 unspecified atom stereocenters. The number of halogens is 2. The lowest BCUT2D eigenvalue weighted by Gasteiger charge is -2.26. The van der Waals surface area contributed by atoms with Gasteiger partial charge in [-0.25, -0.2) is 9.67 Å². The quantitative estimate of drug-likeness (QED) is 0.604. The third-order valence-electron chi connectivity index (χ3n) is 4.67. The molecule has 3 N–H and O–H groups in total. The number of morpholine rings is 1. The number of benzene rings is 1. The lowest BCUT2D eigenvalue weighted by molar-refractivity contribution is 0.0299. The molecule has 31 heavy (non-hydrogen) atoms. The van der Waals surface area contributed by atoms with Gasteiger partial charge in [0.25, 0.3) is 11.8 Å². The number of amides is 2. The highest BCUT2D eigenvalue weighted by atomic mass is 35.5. The van der Waals surface area contributed by atoms with Gasteiger partial charge >= 0.3 is 0 Å². The Balaban J connectivity index is 1.58. The minimum absolute atomic E-state index is 0.00413. The highest BCUT2D eigenvalue weighted by Gasteiger charge is 2.21. The van der Waals surface area contributed by atoms with Crippen molar-refractivity contribution in [2.24, 2.45) is 5.73 Å². The fraction of sp³-hybridized carbons (Fsp3) is 0.200. The van der Waals surface area contributed by atoms with Gasteiger partial charge in [-0.05, 0) is 24.3 Å². The van der Waals surface area contributed by atoms with Gasteiger partial charge in [-0.1, -0.05) is 29.3 Å². The molecule has 2 aromatic heterocycles. The van der Waals surface area contributed by atoms with Crippen LogP contribution in [0.1, 0.15) is 21.0 Å². The predicted molar refractivity (Wildman–Crippen MR) is 116 cm³/mol. The van der Waals surface area contributed by atoms with E-state index in [4.69, 9.17) is 33.7 Å². The Morgan fingerprint density at radius 3 is 2.42 bits per heavy atom. The minimum Gasteiger partial charge on any atom is -0.378 e. The number of primary amides is 1. The molecule has 0 spiro atoms. The molecule has 3 heterocycles. The van der Waals surface area contributed by atoms with Crippen molar-refractivity contribution in [1.82, 2.24) is 19.7 Å². The van der Waals surface area contributed by atoms with Crippen molar-refractivity contribution in [1.29, 1.82) is 0 Å². The van der Waals surface area contributed by atoms with Crippen LogP contribution in [0.2, 0.25) is 10.0 Å². The molecule has 1 fully saturated rings. The summed E-state index contributed by atoms with van der Waals surface area (Å²) in [6, 6.07) is 8.33. The van der Waals surface area contributed by atoms with Crippen molar-refractivity contribution in [3.63, 3.8) is 0 Å². The molecule has 0 atom stereocenters. The summed E-state index contributed by atoms with van der Waals surface area (Å²) in [6.07, 6.45) is 3.05. The molecule has 1 aliphatic rings. The van der Waals surface area contributed by atoms with Crippen LogP contribution in [-0.4, -0.2) is 57.8 Å². The van der Waals surface area contributed by atoms with E-state index in [-0.39, 0.29) is 11.6 Å². The van der Waals surface area contributed by atoms with Gasteiger partial charge in [0.1, 0.15) is 11.4 Å². The topological polar surface area (TPSA) is 115 Å². The fourth-order valence-electron chi connectivity index (χ4n) is 3.15. The average Bonchev–Trinajstić information content (AvgIpc) is 3.18. The van der Waals surface area contributed by atoms with Crippen molar-refractivity contribution in [3.8, 4) is 5.69 Å². The molecule has 0 saturated carbocycles. The number of pyridine rings is 1. The maximum absolute atomic E-state index is 12.5. The summed E-state index contributed by atoms with van der Waals surface area (Å²) < 4.78 is 6.65. The molecule has 4 rings (SSSR count). The highest BCUT2D eigenvalue weighted by Crippen LogP contribution is 2.30. The second kappa shape index (κ2) is 8.93. The number of rotatable bonds is 5. The molecule has 3 aromatic rings. The van der Waals surface area contributed by atoms with Crippen LogP contribution < -0.4 is 11.1 Å². The zero-order valence-electron chi connectivity index (χ0n) is 16.2. The van der Waals surface area contributed by atoms with Crippen LogP contribution in [0.25, 0.3) is 5.69 Å². The lowest BCUT2D eigenvalue weighted by atomic mass is 10.2. The number of nitrogens with one attached hydrogen (secondary N) is 1. The van der Waals surface area contributed by atoms with Crippen LogP contribution in [0.3, 0.4) is 0 Å². The molecular formula is C20H18Cl2N6O3. The average molecular weight is 461 g/mol. The van der Waals surface area contributed by atoms with Crippen LogP contribution in [0.15, 0.2) is 42.7 Å². The first kappa shape index (κ1) is 21.1. The van der Waals surface area contributed by atoms with Gasteiger partial charge in [0.2, 0.25) is 0 Å². The van der Waals surface area contributed by atoms with E-state index in [1.54, 1.807) is 41.4 Å². The number of nitrogens with two attached hydrogens (primary N) is 1. The number of para-hydroxylation sites is 1. The van der Waals surface area contributed by atoms with E-state index >= 15 is 0 Å². The third-order valence-corrected chi connectivity index (χ3v) is 5.28. The summed E-state index contributed by atoms with van der Waals surface area (Å²) in [4.78, 5) is 30.4. The Hall–Kier alpha value is -3.14. The van der Waals surface area contributed by atoms with Crippen molar-refractivity contribution >= 4 is 46.4 Å². The van der Waals surface area contributed by atoms with E-state index in [9.17, 15) is 9.59 Å². The normalized spacial score (nSPS) is 13.8. The van der Waals surface area contributed by atoms with Crippen LogP contribution in [0, 0.1) is 0 Å². The molecule has 160 valence electrons. The van der Waals surface area contributed by atoms with Gasteiger partial charge in [-0.3, -0.25) is 9.59 Å².